The molecule has 0 unspecified atom stereocenters. The maximum absolute atomic E-state index is 11.9. The average Bonchev–Trinajstić information content (AvgIpc) is 2.39. The maximum Gasteiger partial charge on any atom is 0.204 e. The molecule has 114 valence electrons. The van der Waals surface area contributed by atoms with E-state index >= 15 is 0 Å². The maximum atomic E-state index is 11.9. The Morgan fingerprint density at radius 1 is 1.05 bits per heavy atom. The van der Waals surface area contributed by atoms with Crippen LogP contribution in [0.2, 0.25) is 0 Å². The SMILES string of the molecule is CCN(CC)c1c(CCCCCC(C)(C)C)c(=O)c1=S. The van der Waals surface area contributed by atoms with Crippen molar-refractivity contribution in [3.05, 3.63) is 20.3 Å². The Morgan fingerprint density at radius 2 is 1.65 bits per heavy atom. The number of hydrogen-bond acceptors (Lipinski definition) is 3. The van der Waals surface area contributed by atoms with E-state index < -0.39 is 0 Å². The van der Waals surface area contributed by atoms with Crippen LogP contribution in [-0.4, -0.2) is 13.1 Å². The molecular weight excluding hydrogens is 266 g/mol. The summed E-state index contributed by atoms with van der Waals surface area (Å²) in [5, 5.41) is 0. The van der Waals surface area contributed by atoms with E-state index in [0.717, 1.165) is 37.2 Å². The van der Waals surface area contributed by atoms with E-state index in [-0.39, 0.29) is 5.43 Å². The predicted octanol–water partition coefficient (Wildman–Crippen LogP) is 4.65. The van der Waals surface area contributed by atoms with Crippen molar-refractivity contribution in [2.24, 2.45) is 5.41 Å². The van der Waals surface area contributed by atoms with Crippen molar-refractivity contribution in [1.82, 2.24) is 0 Å². The fourth-order valence-electron chi connectivity index (χ4n) is 2.67. The zero-order chi connectivity index (χ0) is 15.3. The van der Waals surface area contributed by atoms with Crippen LogP contribution in [-0.2, 0) is 6.42 Å². The standard InChI is InChI=1S/C17H29NOS/c1-6-18(7-2)14-13(15(19)16(14)20)11-9-8-10-12-17(3,4)5/h6-12H2,1-5H3. The van der Waals surface area contributed by atoms with Gasteiger partial charge < -0.3 is 4.90 Å². The minimum Gasteiger partial charge on any atom is -0.370 e. The van der Waals surface area contributed by atoms with Crippen molar-refractivity contribution in [2.75, 3.05) is 18.0 Å². The van der Waals surface area contributed by atoms with Crippen LogP contribution in [0.1, 0.15) is 65.9 Å². The van der Waals surface area contributed by atoms with E-state index in [1.165, 1.54) is 19.3 Å². The van der Waals surface area contributed by atoms with Gasteiger partial charge in [0.2, 0.25) is 5.43 Å². The minimum atomic E-state index is 0.123. The molecule has 3 heteroatoms. The van der Waals surface area contributed by atoms with Crippen LogP contribution in [0.5, 0.6) is 0 Å². The monoisotopic (exact) mass is 295 g/mol. The molecule has 0 saturated carbocycles. The van der Waals surface area contributed by atoms with Gasteiger partial charge in [-0.3, -0.25) is 4.79 Å². The first-order valence-electron chi connectivity index (χ1n) is 7.89. The van der Waals surface area contributed by atoms with Gasteiger partial charge in [-0.25, -0.2) is 0 Å². The van der Waals surface area contributed by atoms with Crippen molar-refractivity contribution in [3.8, 4) is 0 Å². The smallest absolute Gasteiger partial charge is 0.204 e. The number of nitrogens with zero attached hydrogens (tertiary/aromatic N) is 1. The Hall–Kier alpha value is -0.700. The number of rotatable bonds is 8. The van der Waals surface area contributed by atoms with E-state index in [4.69, 9.17) is 12.2 Å². The lowest BCUT2D eigenvalue weighted by Gasteiger charge is -2.26. The average molecular weight is 295 g/mol. The summed E-state index contributed by atoms with van der Waals surface area (Å²) in [7, 11) is 0. The highest BCUT2D eigenvalue weighted by molar-refractivity contribution is 7.71. The third-order valence-electron chi connectivity index (χ3n) is 3.91. The van der Waals surface area contributed by atoms with Gasteiger partial charge in [0.25, 0.3) is 0 Å². The van der Waals surface area contributed by atoms with Gasteiger partial charge in [0.1, 0.15) is 4.51 Å². The molecule has 0 heterocycles. The lowest BCUT2D eigenvalue weighted by Crippen LogP contribution is -2.31. The number of anilines is 1. The topological polar surface area (TPSA) is 20.3 Å². The first-order chi connectivity index (χ1) is 9.31. The van der Waals surface area contributed by atoms with E-state index in [1.54, 1.807) is 0 Å². The minimum absolute atomic E-state index is 0.123. The Bertz CT molecular complexity index is 488. The van der Waals surface area contributed by atoms with E-state index in [9.17, 15) is 4.79 Å². The van der Waals surface area contributed by atoms with Crippen LogP contribution in [0.3, 0.4) is 0 Å². The quantitative estimate of drug-likeness (QED) is 0.514. The molecule has 0 aliphatic rings. The Balaban J connectivity index is 2.51. The van der Waals surface area contributed by atoms with Crippen molar-refractivity contribution in [3.63, 3.8) is 0 Å². The van der Waals surface area contributed by atoms with Gasteiger partial charge in [0.05, 0.1) is 5.69 Å². The van der Waals surface area contributed by atoms with Gasteiger partial charge >= 0.3 is 0 Å². The van der Waals surface area contributed by atoms with E-state index in [0.29, 0.717) is 9.93 Å². The van der Waals surface area contributed by atoms with Crippen LogP contribution in [0.4, 0.5) is 5.69 Å². The highest BCUT2D eigenvalue weighted by Gasteiger charge is 2.20. The summed E-state index contributed by atoms with van der Waals surface area (Å²) in [4.78, 5) is 14.1. The highest BCUT2D eigenvalue weighted by Crippen LogP contribution is 2.26. The molecule has 0 saturated heterocycles. The lowest BCUT2D eigenvalue weighted by atomic mass is 9.89. The van der Waals surface area contributed by atoms with Gasteiger partial charge in [-0.1, -0.05) is 45.8 Å². The van der Waals surface area contributed by atoms with Crippen LogP contribution >= 0.6 is 12.2 Å². The molecule has 0 amide bonds. The molecule has 0 atom stereocenters. The van der Waals surface area contributed by atoms with Crippen LogP contribution in [0.25, 0.3) is 0 Å². The van der Waals surface area contributed by atoms with Crippen molar-refractivity contribution >= 4 is 17.9 Å². The lowest BCUT2D eigenvalue weighted by molar-refractivity contribution is 0.358. The molecule has 0 fully saturated rings. The summed E-state index contributed by atoms with van der Waals surface area (Å²) in [6.07, 6.45) is 5.70. The molecule has 1 aromatic rings. The van der Waals surface area contributed by atoms with E-state index in [1.807, 2.05) is 0 Å². The molecule has 1 aromatic carbocycles. The molecule has 1 rings (SSSR count). The van der Waals surface area contributed by atoms with Crippen LogP contribution < -0.4 is 10.3 Å². The van der Waals surface area contributed by atoms with Gasteiger partial charge in [0.15, 0.2) is 0 Å². The molecule has 20 heavy (non-hydrogen) atoms. The van der Waals surface area contributed by atoms with Crippen molar-refractivity contribution in [2.45, 2.75) is 66.7 Å². The Labute approximate surface area is 128 Å². The first kappa shape index (κ1) is 17.4. The molecule has 0 aliphatic carbocycles. The predicted molar refractivity (Wildman–Crippen MR) is 91.1 cm³/mol. The van der Waals surface area contributed by atoms with Gasteiger partial charge in [-0.2, -0.15) is 0 Å². The molecule has 0 radical (unpaired) electrons. The van der Waals surface area contributed by atoms with Gasteiger partial charge in [-0.05, 0) is 38.5 Å². The van der Waals surface area contributed by atoms with E-state index in [2.05, 4.69) is 39.5 Å². The largest absolute Gasteiger partial charge is 0.370 e. The third-order valence-corrected chi connectivity index (χ3v) is 4.29. The number of hydrogen-bond donors (Lipinski definition) is 0. The molecule has 0 bridgehead atoms. The second-order valence-corrected chi connectivity index (χ2v) is 7.19. The summed E-state index contributed by atoms with van der Waals surface area (Å²) in [6, 6.07) is 0. The van der Waals surface area contributed by atoms with Gasteiger partial charge in [-0.15, -0.1) is 0 Å². The van der Waals surface area contributed by atoms with Crippen molar-refractivity contribution in [1.29, 1.82) is 0 Å². The number of unbranched alkanes of at least 4 members (excludes halogenated alkanes) is 2. The summed E-state index contributed by atoms with van der Waals surface area (Å²) in [6.45, 7) is 12.9. The summed E-state index contributed by atoms with van der Waals surface area (Å²) in [5.74, 6) is 0. The molecule has 0 N–H and O–H groups in total. The molecule has 0 aromatic heterocycles. The highest BCUT2D eigenvalue weighted by atomic mass is 32.1. The van der Waals surface area contributed by atoms with Gasteiger partial charge in [0, 0.05) is 18.7 Å². The summed E-state index contributed by atoms with van der Waals surface area (Å²) >= 11 is 5.22. The fraction of sp³-hybridized carbons (Fsp3) is 0.765. The zero-order valence-corrected chi connectivity index (χ0v) is 14.5. The molecule has 0 aliphatic heterocycles. The molecular formula is C17H29NOS. The van der Waals surface area contributed by atoms with Crippen LogP contribution in [0.15, 0.2) is 4.79 Å². The van der Waals surface area contributed by atoms with Crippen molar-refractivity contribution < 1.29 is 0 Å². The molecule has 2 nitrogen and oxygen atoms in total. The normalized spacial score (nSPS) is 12.1. The summed E-state index contributed by atoms with van der Waals surface area (Å²) in [5.41, 5.74) is 2.58. The molecule has 0 spiro atoms. The second kappa shape index (κ2) is 7.35. The fourth-order valence-corrected chi connectivity index (χ4v) is 3.04. The summed E-state index contributed by atoms with van der Waals surface area (Å²) < 4.78 is 0.554. The zero-order valence-electron chi connectivity index (χ0n) is 13.7. The Kier molecular flexibility index (Phi) is 6.38. The second-order valence-electron chi connectivity index (χ2n) is 6.78. The van der Waals surface area contributed by atoms with Crippen LogP contribution in [0, 0.1) is 9.93 Å². The third kappa shape index (κ3) is 4.41. The first-order valence-corrected chi connectivity index (χ1v) is 8.29. The Morgan fingerprint density at radius 3 is 2.15 bits per heavy atom.